The first kappa shape index (κ1) is 13.5. The minimum atomic E-state index is -0.500. The van der Waals surface area contributed by atoms with Crippen molar-refractivity contribution in [3.05, 3.63) is 59.2 Å². The highest BCUT2D eigenvalue weighted by Gasteiger charge is 2.19. The molecule has 0 aromatic heterocycles. The Labute approximate surface area is 124 Å². The normalized spacial score (nSPS) is 17.0. The minimum Gasteiger partial charge on any atom is -0.398 e. The molecule has 4 nitrogen and oxygen atoms in total. The molecule has 1 atom stereocenters. The fourth-order valence-corrected chi connectivity index (χ4v) is 2.96. The lowest BCUT2D eigenvalue weighted by Gasteiger charge is -2.27. The van der Waals surface area contributed by atoms with Gasteiger partial charge in [0.1, 0.15) is 0 Å². The predicted octanol–water partition coefficient (Wildman–Crippen LogP) is 2.86. The van der Waals surface area contributed by atoms with Gasteiger partial charge in [-0.25, -0.2) is 0 Å². The summed E-state index contributed by atoms with van der Waals surface area (Å²) in [6.07, 6.45) is 3.36. The van der Waals surface area contributed by atoms with Crippen LogP contribution < -0.4 is 16.8 Å². The second kappa shape index (κ2) is 5.48. The minimum absolute atomic E-state index is 0.263. The third kappa shape index (κ3) is 2.70. The monoisotopic (exact) mass is 281 g/mol. The Kier molecular flexibility index (Phi) is 3.52. The molecule has 0 bridgehead atoms. The zero-order valence-electron chi connectivity index (χ0n) is 11.8. The van der Waals surface area contributed by atoms with E-state index < -0.39 is 5.91 Å². The van der Waals surface area contributed by atoms with E-state index in [0.29, 0.717) is 11.3 Å². The molecule has 1 amide bonds. The highest BCUT2D eigenvalue weighted by molar-refractivity contribution is 5.98. The number of carbonyl (C=O) groups excluding carboxylic acids is 1. The first-order chi connectivity index (χ1) is 10.1. The van der Waals surface area contributed by atoms with Gasteiger partial charge in [0, 0.05) is 11.4 Å². The van der Waals surface area contributed by atoms with E-state index in [9.17, 15) is 4.79 Å². The number of fused-ring (bicyclic) bond motifs is 1. The summed E-state index contributed by atoms with van der Waals surface area (Å²) in [6.45, 7) is 0. The van der Waals surface area contributed by atoms with E-state index in [1.807, 2.05) is 6.07 Å². The van der Waals surface area contributed by atoms with Crippen molar-refractivity contribution in [1.82, 2.24) is 0 Å². The van der Waals surface area contributed by atoms with Crippen LogP contribution in [-0.2, 0) is 6.42 Å². The highest BCUT2D eigenvalue weighted by Crippen LogP contribution is 2.32. The molecule has 0 spiro atoms. The number of nitrogen functional groups attached to an aromatic ring is 1. The summed E-state index contributed by atoms with van der Waals surface area (Å²) in [5.41, 5.74) is 15.5. The van der Waals surface area contributed by atoms with Gasteiger partial charge in [-0.15, -0.1) is 0 Å². The fraction of sp³-hybridized carbons (Fsp3) is 0.235. The quantitative estimate of drug-likeness (QED) is 0.757. The molecule has 3 rings (SSSR count). The molecule has 0 fully saturated rings. The van der Waals surface area contributed by atoms with E-state index in [1.165, 1.54) is 11.1 Å². The first-order valence-electron chi connectivity index (χ1n) is 7.19. The number of anilines is 2. The van der Waals surface area contributed by atoms with Crippen molar-refractivity contribution in [3.63, 3.8) is 0 Å². The average Bonchev–Trinajstić information content (AvgIpc) is 2.49. The lowest BCUT2D eigenvalue weighted by atomic mass is 9.87. The van der Waals surface area contributed by atoms with Gasteiger partial charge >= 0.3 is 0 Å². The largest absolute Gasteiger partial charge is 0.398 e. The molecule has 0 radical (unpaired) electrons. The summed E-state index contributed by atoms with van der Waals surface area (Å²) in [6, 6.07) is 14.1. The molecule has 5 N–H and O–H groups in total. The number of hydrogen-bond acceptors (Lipinski definition) is 3. The van der Waals surface area contributed by atoms with Gasteiger partial charge in [-0.05, 0) is 48.6 Å². The number of primary amides is 1. The summed E-state index contributed by atoms with van der Waals surface area (Å²) in [5, 5.41) is 3.50. The van der Waals surface area contributed by atoms with Gasteiger partial charge in [0.15, 0.2) is 0 Å². The van der Waals surface area contributed by atoms with E-state index in [1.54, 1.807) is 12.1 Å². The second-order valence-corrected chi connectivity index (χ2v) is 5.45. The maximum atomic E-state index is 11.4. The molecule has 1 aliphatic rings. The van der Waals surface area contributed by atoms with Crippen molar-refractivity contribution in [3.8, 4) is 0 Å². The molecule has 0 heterocycles. The van der Waals surface area contributed by atoms with Crippen LogP contribution in [0.5, 0.6) is 0 Å². The van der Waals surface area contributed by atoms with Gasteiger partial charge in [0.05, 0.1) is 11.6 Å². The SMILES string of the molecule is NC(=O)c1cc(NC2CCCc3ccccc32)ccc1N. The van der Waals surface area contributed by atoms with Crippen molar-refractivity contribution >= 4 is 17.3 Å². The number of rotatable bonds is 3. The van der Waals surface area contributed by atoms with Gasteiger partial charge in [0.2, 0.25) is 0 Å². The predicted molar refractivity (Wildman–Crippen MR) is 85.1 cm³/mol. The van der Waals surface area contributed by atoms with Crippen LogP contribution in [0.3, 0.4) is 0 Å². The molecule has 4 heteroatoms. The molecule has 1 unspecified atom stereocenters. The van der Waals surface area contributed by atoms with Gasteiger partial charge in [-0.3, -0.25) is 4.79 Å². The van der Waals surface area contributed by atoms with Crippen LogP contribution in [0.1, 0.15) is 40.4 Å². The van der Waals surface area contributed by atoms with Crippen LogP contribution in [0.2, 0.25) is 0 Å². The highest BCUT2D eigenvalue weighted by atomic mass is 16.1. The number of carbonyl (C=O) groups is 1. The van der Waals surface area contributed by atoms with E-state index in [-0.39, 0.29) is 6.04 Å². The Morgan fingerprint density at radius 1 is 1.19 bits per heavy atom. The lowest BCUT2D eigenvalue weighted by Crippen LogP contribution is -2.18. The van der Waals surface area contributed by atoms with Crippen LogP contribution in [-0.4, -0.2) is 5.91 Å². The summed E-state index contributed by atoms with van der Waals surface area (Å²) in [4.78, 5) is 11.4. The topological polar surface area (TPSA) is 81.1 Å². The number of nitrogens with two attached hydrogens (primary N) is 2. The van der Waals surface area contributed by atoms with Crippen molar-refractivity contribution < 1.29 is 4.79 Å². The third-order valence-electron chi connectivity index (χ3n) is 4.03. The first-order valence-corrected chi connectivity index (χ1v) is 7.19. The van der Waals surface area contributed by atoms with Crippen LogP contribution in [0.4, 0.5) is 11.4 Å². The molecule has 21 heavy (non-hydrogen) atoms. The van der Waals surface area contributed by atoms with Crippen molar-refractivity contribution in [2.45, 2.75) is 25.3 Å². The summed E-state index contributed by atoms with van der Waals surface area (Å²) >= 11 is 0. The van der Waals surface area contributed by atoms with Gasteiger partial charge in [-0.1, -0.05) is 24.3 Å². The van der Waals surface area contributed by atoms with E-state index in [4.69, 9.17) is 11.5 Å². The van der Waals surface area contributed by atoms with Crippen LogP contribution in [0.25, 0.3) is 0 Å². The Morgan fingerprint density at radius 2 is 2.00 bits per heavy atom. The second-order valence-electron chi connectivity index (χ2n) is 5.45. The van der Waals surface area contributed by atoms with Crippen LogP contribution in [0, 0.1) is 0 Å². The summed E-state index contributed by atoms with van der Waals surface area (Å²) < 4.78 is 0. The van der Waals surface area contributed by atoms with Gasteiger partial charge < -0.3 is 16.8 Å². The molecule has 108 valence electrons. The number of nitrogens with one attached hydrogen (secondary N) is 1. The maximum Gasteiger partial charge on any atom is 0.250 e. The standard InChI is InChI=1S/C17H19N3O/c18-15-9-8-12(10-14(15)17(19)21)20-16-7-3-5-11-4-1-2-6-13(11)16/h1-2,4,6,8-10,16,20H,3,5,7,18H2,(H2,19,21). The average molecular weight is 281 g/mol. The molecular formula is C17H19N3O. The van der Waals surface area contributed by atoms with E-state index >= 15 is 0 Å². The van der Waals surface area contributed by atoms with Gasteiger partial charge in [0.25, 0.3) is 5.91 Å². The van der Waals surface area contributed by atoms with E-state index in [2.05, 4.69) is 29.6 Å². The van der Waals surface area contributed by atoms with Crippen LogP contribution >= 0.6 is 0 Å². The van der Waals surface area contributed by atoms with Crippen molar-refractivity contribution in [2.75, 3.05) is 11.1 Å². The Hall–Kier alpha value is -2.49. The maximum absolute atomic E-state index is 11.4. The lowest BCUT2D eigenvalue weighted by molar-refractivity contribution is 0.100. The molecular weight excluding hydrogens is 262 g/mol. The molecule has 2 aromatic carbocycles. The Morgan fingerprint density at radius 3 is 2.81 bits per heavy atom. The third-order valence-corrected chi connectivity index (χ3v) is 4.03. The number of benzene rings is 2. The fourth-order valence-electron chi connectivity index (χ4n) is 2.96. The number of hydrogen-bond donors (Lipinski definition) is 3. The molecule has 1 aliphatic carbocycles. The molecule has 0 saturated heterocycles. The Balaban J connectivity index is 1.88. The zero-order chi connectivity index (χ0) is 14.8. The molecule has 0 aliphatic heterocycles. The van der Waals surface area contributed by atoms with Crippen molar-refractivity contribution in [2.24, 2.45) is 5.73 Å². The summed E-state index contributed by atoms with van der Waals surface area (Å²) in [5.74, 6) is -0.500. The summed E-state index contributed by atoms with van der Waals surface area (Å²) in [7, 11) is 0. The van der Waals surface area contributed by atoms with Crippen molar-refractivity contribution in [1.29, 1.82) is 0 Å². The van der Waals surface area contributed by atoms with E-state index in [0.717, 1.165) is 24.9 Å². The number of amides is 1. The molecule has 2 aromatic rings. The smallest absolute Gasteiger partial charge is 0.250 e. The van der Waals surface area contributed by atoms with Gasteiger partial charge in [-0.2, -0.15) is 0 Å². The molecule has 0 saturated carbocycles. The number of aryl methyl sites for hydroxylation is 1. The Bertz CT molecular complexity index is 681. The zero-order valence-corrected chi connectivity index (χ0v) is 11.8. The van der Waals surface area contributed by atoms with Crippen LogP contribution in [0.15, 0.2) is 42.5 Å².